The van der Waals surface area contributed by atoms with Crippen LogP contribution < -0.4 is 5.73 Å². The number of nitrogens with one attached hydrogen (secondary N) is 1. The van der Waals surface area contributed by atoms with Crippen LogP contribution in [0.15, 0.2) is 18.3 Å². The second kappa shape index (κ2) is 3.83. The number of sulfone groups is 1. The maximum atomic E-state index is 11.3. The molecule has 0 saturated heterocycles. The number of hydrogen-bond acceptors (Lipinski definition) is 3. The molecule has 1 amide bonds. The van der Waals surface area contributed by atoms with Gasteiger partial charge in [-0.25, -0.2) is 8.42 Å². The van der Waals surface area contributed by atoms with E-state index in [1.54, 1.807) is 18.3 Å². The Hall–Kier alpha value is -1.30. The summed E-state index contributed by atoms with van der Waals surface area (Å²) in [6.45, 7) is 0. The molecule has 78 valence electrons. The third kappa shape index (κ3) is 2.59. The van der Waals surface area contributed by atoms with E-state index in [0.717, 1.165) is 6.26 Å². The summed E-state index contributed by atoms with van der Waals surface area (Å²) in [7, 11) is -3.32. The Balaban J connectivity index is 3.01. The first-order valence-electron chi connectivity index (χ1n) is 4.01. The summed E-state index contributed by atoms with van der Waals surface area (Å²) in [5.41, 5.74) is 5.47. The van der Waals surface area contributed by atoms with Crippen LogP contribution in [0.5, 0.6) is 0 Å². The number of aromatic amines is 1. The minimum Gasteiger partial charge on any atom is -0.370 e. The first-order chi connectivity index (χ1) is 6.41. The van der Waals surface area contributed by atoms with Crippen molar-refractivity contribution < 1.29 is 13.2 Å². The predicted molar refractivity (Wildman–Crippen MR) is 52.2 cm³/mol. The average Bonchev–Trinajstić information content (AvgIpc) is 2.49. The van der Waals surface area contributed by atoms with Crippen LogP contribution in [0, 0.1) is 0 Å². The molecule has 1 unspecified atom stereocenters. The Kier molecular flexibility index (Phi) is 2.95. The van der Waals surface area contributed by atoms with Gasteiger partial charge in [0.2, 0.25) is 5.91 Å². The van der Waals surface area contributed by atoms with Crippen LogP contribution in [-0.2, 0) is 14.6 Å². The molecule has 3 N–H and O–H groups in total. The van der Waals surface area contributed by atoms with Gasteiger partial charge in [0.1, 0.15) is 5.25 Å². The maximum absolute atomic E-state index is 11.3. The van der Waals surface area contributed by atoms with Crippen molar-refractivity contribution in [1.82, 2.24) is 4.98 Å². The molecule has 1 aromatic rings. The van der Waals surface area contributed by atoms with Gasteiger partial charge in [-0.3, -0.25) is 4.79 Å². The molecule has 5 nitrogen and oxygen atoms in total. The zero-order valence-corrected chi connectivity index (χ0v) is 8.54. The monoisotopic (exact) mass is 216 g/mol. The van der Waals surface area contributed by atoms with Crippen LogP contribution in [0.25, 0.3) is 0 Å². The highest BCUT2D eigenvalue weighted by Crippen LogP contribution is 2.23. The molecular formula is C8H12N2O3S. The van der Waals surface area contributed by atoms with E-state index in [-0.39, 0.29) is 6.42 Å². The number of aromatic nitrogens is 1. The summed E-state index contributed by atoms with van der Waals surface area (Å²) in [5, 5.41) is -0.866. The molecule has 0 bridgehead atoms. The third-order valence-corrected chi connectivity index (χ3v) is 3.33. The highest BCUT2D eigenvalue weighted by Gasteiger charge is 2.25. The van der Waals surface area contributed by atoms with Gasteiger partial charge in [-0.1, -0.05) is 0 Å². The SMILES string of the molecule is CS(=O)(=O)C(CC(N)=O)c1ccc[nH]1. The number of primary amides is 1. The van der Waals surface area contributed by atoms with Gasteiger partial charge in [0.05, 0.1) is 0 Å². The van der Waals surface area contributed by atoms with E-state index in [9.17, 15) is 13.2 Å². The van der Waals surface area contributed by atoms with Crippen LogP contribution in [0.1, 0.15) is 17.4 Å². The van der Waals surface area contributed by atoms with Gasteiger partial charge in [-0.15, -0.1) is 0 Å². The Morgan fingerprint density at radius 2 is 2.29 bits per heavy atom. The molecule has 0 aliphatic heterocycles. The Bertz CT molecular complexity index is 408. The fourth-order valence-electron chi connectivity index (χ4n) is 1.22. The lowest BCUT2D eigenvalue weighted by molar-refractivity contribution is -0.118. The third-order valence-electron chi connectivity index (χ3n) is 1.87. The zero-order chi connectivity index (χ0) is 10.8. The molecule has 0 spiro atoms. The van der Waals surface area contributed by atoms with Crippen molar-refractivity contribution >= 4 is 15.7 Å². The topological polar surface area (TPSA) is 93.0 Å². The molecule has 1 aromatic heterocycles. The van der Waals surface area contributed by atoms with Crippen LogP contribution in [0.2, 0.25) is 0 Å². The van der Waals surface area contributed by atoms with Gasteiger partial charge in [0, 0.05) is 24.6 Å². The summed E-state index contributed by atoms with van der Waals surface area (Å²) in [5.74, 6) is -0.630. The molecule has 0 radical (unpaired) electrons. The molecule has 6 heteroatoms. The molecule has 0 aromatic carbocycles. The van der Waals surface area contributed by atoms with Crippen molar-refractivity contribution in [3.63, 3.8) is 0 Å². The van der Waals surface area contributed by atoms with E-state index < -0.39 is 21.0 Å². The number of nitrogens with two attached hydrogens (primary N) is 1. The minimum atomic E-state index is -3.32. The van der Waals surface area contributed by atoms with E-state index in [0.29, 0.717) is 5.69 Å². The Morgan fingerprint density at radius 1 is 1.64 bits per heavy atom. The van der Waals surface area contributed by atoms with Crippen LogP contribution in [-0.4, -0.2) is 25.6 Å². The van der Waals surface area contributed by atoms with Gasteiger partial charge in [-0.05, 0) is 12.1 Å². The van der Waals surface area contributed by atoms with Gasteiger partial charge >= 0.3 is 0 Å². The van der Waals surface area contributed by atoms with Crippen molar-refractivity contribution in [1.29, 1.82) is 0 Å². The number of hydrogen-bond donors (Lipinski definition) is 2. The smallest absolute Gasteiger partial charge is 0.219 e. The van der Waals surface area contributed by atoms with Gasteiger partial charge in [-0.2, -0.15) is 0 Å². The summed E-state index contributed by atoms with van der Waals surface area (Å²) >= 11 is 0. The zero-order valence-electron chi connectivity index (χ0n) is 7.73. The fraction of sp³-hybridized carbons (Fsp3) is 0.375. The van der Waals surface area contributed by atoms with E-state index in [1.807, 2.05) is 0 Å². The molecule has 1 atom stereocenters. The van der Waals surface area contributed by atoms with Gasteiger partial charge in [0.15, 0.2) is 9.84 Å². The maximum Gasteiger partial charge on any atom is 0.219 e. The molecular weight excluding hydrogens is 204 g/mol. The minimum absolute atomic E-state index is 0.195. The normalized spacial score (nSPS) is 13.8. The highest BCUT2D eigenvalue weighted by atomic mass is 32.2. The van der Waals surface area contributed by atoms with E-state index in [4.69, 9.17) is 5.73 Å². The first-order valence-corrected chi connectivity index (χ1v) is 5.97. The molecule has 0 fully saturated rings. The lowest BCUT2D eigenvalue weighted by Crippen LogP contribution is -2.21. The molecule has 1 rings (SSSR count). The van der Waals surface area contributed by atoms with Crippen LogP contribution >= 0.6 is 0 Å². The summed E-state index contributed by atoms with van der Waals surface area (Å²) in [6.07, 6.45) is 2.50. The number of carbonyl (C=O) groups is 1. The Morgan fingerprint density at radius 3 is 2.64 bits per heavy atom. The molecule has 0 aliphatic rings. The van der Waals surface area contributed by atoms with Crippen molar-refractivity contribution in [2.45, 2.75) is 11.7 Å². The van der Waals surface area contributed by atoms with Crippen molar-refractivity contribution in [2.75, 3.05) is 6.26 Å². The summed E-state index contributed by atoms with van der Waals surface area (Å²) in [4.78, 5) is 13.5. The lowest BCUT2D eigenvalue weighted by Gasteiger charge is -2.11. The van der Waals surface area contributed by atoms with Crippen molar-refractivity contribution in [3.8, 4) is 0 Å². The number of amides is 1. The fourth-order valence-corrected chi connectivity index (χ4v) is 2.29. The van der Waals surface area contributed by atoms with E-state index in [2.05, 4.69) is 4.98 Å². The Labute approximate surface area is 82.2 Å². The molecule has 0 saturated carbocycles. The molecule has 0 aliphatic carbocycles. The first kappa shape index (κ1) is 10.8. The quantitative estimate of drug-likeness (QED) is 0.740. The van der Waals surface area contributed by atoms with Gasteiger partial charge in [0.25, 0.3) is 0 Å². The summed E-state index contributed by atoms with van der Waals surface area (Å²) in [6, 6.07) is 3.29. The van der Waals surface area contributed by atoms with E-state index >= 15 is 0 Å². The second-order valence-corrected chi connectivity index (χ2v) is 5.34. The molecule has 14 heavy (non-hydrogen) atoms. The van der Waals surface area contributed by atoms with E-state index in [1.165, 1.54) is 0 Å². The van der Waals surface area contributed by atoms with Crippen molar-refractivity contribution in [2.24, 2.45) is 5.73 Å². The lowest BCUT2D eigenvalue weighted by atomic mass is 10.2. The van der Waals surface area contributed by atoms with Crippen LogP contribution in [0.3, 0.4) is 0 Å². The molecule has 1 heterocycles. The van der Waals surface area contributed by atoms with Crippen LogP contribution in [0.4, 0.5) is 0 Å². The summed E-state index contributed by atoms with van der Waals surface area (Å²) < 4.78 is 22.7. The standard InChI is InChI=1S/C8H12N2O3S/c1-14(12,13)7(5-8(9)11)6-3-2-4-10-6/h2-4,7,10H,5H2,1H3,(H2,9,11). The number of H-pyrrole nitrogens is 1. The second-order valence-electron chi connectivity index (χ2n) is 3.11. The predicted octanol–water partition coefficient (Wildman–Crippen LogP) is -0.0242. The van der Waals surface area contributed by atoms with Gasteiger partial charge < -0.3 is 10.7 Å². The largest absolute Gasteiger partial charge is 0.370 e. The number of carbonyl (C=O) groups excluding carboxylic acids is 1. The highest BCUT2D eigenvalue weighted by molar-refractivity contribution is 7.90. The number of rotatable bonds is 4. The average molecular weight is 216 g/mol. The van der Waals surface area contributed by atoms with Crippen molar-refractivity contribution in [3.05, 3.63) is 24.0 Å².